The van der Waals surface area contributed by atoms with Crippen LogP contribution in [-0.2, 0) is 4.74 Å². The Bertz CT molecular complexity index is 492. The van der Waals surface area contributed by atoms with Crippen molar-refractivity contribution < 1.29 is 9.53 Å². The monoisotopic (exact) mass is 310 g/mol. The van der Waals surface area contributed by atoms with E-state index < -0.39 is 0 Å². The maximum absolute atomic E-state index is 12.1. The minimum absolute atomic E-state index is 0.0737. The number of amides is 1. The van der Waals surface area contributed by atoms with E-state index in [9.17, 15) is 4.79 Å². The minimum atomic E-state index is -0.0737. The van der Waals surface area contributed by atoms with Gasteiger partial charge in [-0.15, -0.1) is 0 Å². The average Bonchev–Trinajstić information content (AvgIpc) is 2.94. The first-order valence-corrected chi connectivity index (χ1v) is 6.94. The topological polar surface area (TPSA) is 64.4 Å². The fourth-order valence-electron chi connectivity index (χ4n) is 2.73. The van der Waals surface area contributed by atoms with Crippen LogP contribution in [0.25, 0.3) is 0 Å². The second kappa shape index (κ2) is 4.55. The quantitative estimate of drug-likeness (QED) is 0.822. The highest BCUT2D eigenvalue weighted by atomic mass is 79.9. The van der Waals surface area contributed by atoms with Crippen molar-refractivity contribution in [1.29, 1.82) is 0 Å². The Morgan fingerprint density at radius 3 is 2.89 bits per heavy atom. The number of fused-ring (bicyclic) bond motifs is 2. The average molecular weight is 311 g/mol. The van der Waals surface area contributed by atoms with Crippen molar-refractivity contribution in [3.05, 3.63) is 28.2 Å². The van der Waals surface area contributed by atoms with Gasteiger partial charge in [-0.25, -0.2) is 0 Å². The molecular weight excluding hydrogens is 296 g/mol. The SMILES string of the molecule is Nc1cc(C(=O)NC2CC3CCC2O3)ccc1Br. The Hall–Kier alpha value is -1.07. The Labute approximate surface area is 114 Å². The van der Waals surface area contributed by atoms with E-state index in [-0.39, 0.29) is 18.1 Å². The number of ether oxygens (including phenoxy) is 1. The lowest BCUT2D eigenvalue weighted by Gasteiger charge is -2.20. The van der Waals surface area contributed by atoms with Crippen LogP contribution in [0.1, 0.15) is 29.6 Å². The van der Waals surface area contributed by atoms with E-state index in [1.54, 1.807) is 18.2 Å². The highest BCUT2D eigenvalue weighted by Crippen LogP contribution is 2.34. The van der Waals surface area contributed by atoms with Crippen LogP contribution in [0.2, 0.25) is 0 Å². The molecule has 2 saturated heterocycles. The van der Waals surface area contributed by atoms with Crippen molar-refractivity contribution >= 4 is 27.5 Å². The number of rotatable bonds is 2. The zero-order valence-electron chi connectivity index (χ0n) is 9.86. The third-order valence-corrected chi connectivity index (χ3v) is 4.40. The van der Waals surface area contributed by atoms with Gasteiger partial charge in [0.05, 0.1) is 18.2 Å². The van der Waals surface area contributed by atoms with Gasteiger partial charge in [0.25, 0.3) is 5.91 Å². The van der Waals surface area contributed by atoms with E-state index in [2.05, 4.69) is 21.2 Å². The van der Waals surface area contributed by atoms with E-state index in [0.717, 1.165) is 23.7 Å². The second-order valence-electron chi connectivity index (χ2n) is 4.93. The van der Waals surface area contributed by atoms with Gasteiger partial charge in [0, 0.05) is 15.7 Å². The van der Waals surface area contributed by atoms with Crippen LogP contribution in [0, 0.1) is 0 Å². The summed E-state index contributed by atoms with van der Waals surface area (Å²) in [5, 5.41) is 3.04. The van der Waals surface area contributed by atoms with Crippen LogP contribution in [0.3, 0.4) is 0 Å². The van der Waals surface area contributed by atoms with Crippen molar-refractivity contribution in [2.75, 3.05) is 5.73 Å². The molecule has 2 heterocycles. The molecule has 3 atom stereocenters. The molecular formula is C13H15BrN2O2. The first-order chi connectivity index (χ1) is 8.63. The fraction of sp³-hybridized carbons (Fsp3) is 0.462. The second-order valence-corrected chi connectivity index (χ2v) is 5.78. The van der Waals surface area contributed by atoms with Gasteiger partial charge in [-0.1, -0.05) is 0 Å². The molecule has 96 valence electrons. The van der Waals surface area contributed by atoms with Gasteiger partial charge in [0.2, 0.25) is 0 Å². The molecule has 2 bridgehead atoms. The van der Waals surface area contributed by atoms with Crippen molar-refractivity contribution in [1.82, 2.24) is 5.32 Å². The largest absolute Gasteiger partial charge is 0.398 e. The van der Waals surface area contributed by atoms with E-state index >= 15 is 0 Å². The highest BCUT2D eigenvalue weighted by Gasteiger charge is 2.41. The number of nitrogens with two attached hydrogens (primary N) is 1. The summed E-state index contributed by atoms with van der Waals surface area (Å²) in [7, 11) is 0. The Morgan fingerprint density at radius 1 is 1.44 bits per heavy atom. The molecule has 18 heavy (non-hydrogen) atoms. The van der Waals surface area contributed by atoms with Crippen LogP contribution in [0.4, 0.5) is 5.69 Å². The molecule has 5 heteroatoms. The summed E-state index contributed by atoms with van der Waals surface area (Å²) in [6, 6.07) is 5.40. The third-order valence-electron chi connectivity index (χ3n) is 3.68. The molecule has 4 nitrogen and oxygen atoms in total. The number of nitrogen functional groups attached to an aromatic ring is 1. The lowest BCUT2D eigenvalue weighted by molar-refractivity contribution is 0.0841. The Morgan fingerprint density at radius 2 is 2.28 bits per heavy atom. The summed E-state index contributed by atoms with van der Waals surface area (Å²) in [5.74, 6) is -0.0737. The highest BCUT2D eigenvalue weighted by molar-refractivity contribution is 9.10. The predicted molar refractivity (Wildman–Crippen MR) is 72.3 cm³/mol. The smallest absolute Gasteiger partial charge is 0.251 e. The maximum Gasteiger partial charge on any atom is 0.251 e. The van der Waals surface area contributed by atoms with E-state index in [1.165, 1.54) is 0 Å². The van der Waals surface area contributed by atoms with Gasteiger partial charge >= 0.3 is 0 Å². The Kier molecular flexibility index (Phi) is 3.03. The Balaban J connectivity index is 1.69. The van der Waals surface area contributed by atoms with Crippen molar-refractivity contribution in [2.45, 2.75) is 37.5 Å². The fourth-order valence-corrected chi connectivity index (χ4v) is 2.97. The number of nitrogens with one attached hydrogen (secondary N) is 1. The third kappa shape index (κ3) is 2.12. The van der Waals surface area contributed by atoms with Gasteiger partial charge in [-0.3, -0.25) is 4.79 Å². The van der Waals surface area contributed by atoms with Gasteiger partial charge < -0.3 is 15.8 Å². The standard InChI is InChI=1S/C13H15BrN2O2/c14-9-3-1-7(5-10(9)15)13(17)16-11-6-8-2-4-12(11)18-8/h1,3,5,8,11-12H,2,4,6,15H2,(H,16,17). The summed E-state index contributed by atoms with van der Waals surface area (Å²) >= 11 is 3.32. The number of halogens is 1. The van der Waals surface area contributed by atoms with Gasteiger partial charge in [-0.2, -0.15) is 0 Å². The summed E-state index contributed by atoms with van der Waals surface area (Å²) in [6.45, 7) is 0. The molecule has 3 N–H and O–H groups in total. The first-order valence-electron chi connectivity index (χ1n) is 6.15. The molecule has 2 fully saturated rings. The van der Waals surface area contributed by atoms with E-state index in [4.69, 9.17) is 10.5 Å². The normalized spacial score (nSPS) is 29.5. The lowest BCUT2D eigenvalue weighted by atomic mass is 9.95. The van der Waals surface area contributed by atoms with Crippen molar-refractivity contribution in [2.24, 2.45) is 0 Å². The molecule has 0 saturated carbocycles. The van der Waals surface area contributed by atoms with Crippen LogP contribution >= 0.6 is 15.9 Å². The molecule has 1 aromatic rings. The molecule has 2 aliphatic heterocycles. The summed E-state index contributed by atoms with van der Waals surface area (Å²) < 4.78 is 6.53. The van der Waals surface area contributed by atoms with Crippen LogP contribution in [-0.4, -0.2) is 24.2 Å². The number of carbonyl (C=O) groups is 1. The van der Waals surface area contributed by atoms with Gasteiger partial charge in [0.15, 0.2) is 0 Å². The first kappa shape index (κ1) is 12.0. The molecule has 3 unspecified atom stereocenters. The molecule has 1 aromatic carbocycles. The number of hydrogen-bond donors (Lipinski definition) is 2. The van der Waals surface area contributed by atoms with Crippen LogP contribution < -0.4 is 11.1 Å². The van der Waals surface area contributed by atoms with Gasteiger partial charge in [-0.05, 0) is 53.4 Å². The van der Waals surface area contributed by atoms with Crippen LogP contribution in [0.15, 0.2) is 22.7 Å². The number of benzene rings is 1. The van der Waals surface area contributed by atoms with Gasteiger partial charge in [0.1, 0.15) is 0 Å². The lowest BCUT2D eigenvalue weighted by Crippen LogP contribution is -2.41. The minimum Gasteiger partial charge on any atom is -0.398 e. The number of anilines is 1. The molecule has 1 amide bonds. The maximum atomic E-state index is 12.1. The molecule has 0 spiro atoms. The van der Waals surface area contributed by atoms with Crippen molar-refractivity contribution in [3.8, 4) is 0 Å². The van der Waals surface area contributed by atoms with E-state index in [1.807, 2.05) is 0 Å². The van der Waals surface area contributed by atoms with Crippen LogP contribution in [0.5, 0.6) is 0 Å². The summed E-state index contributed by atoms with van der Waals surface area (Å²) in [6.07, 6.45) is 3.66. The molecule has 0 aromatic heterocycles. The predicted octanol–water partition coefficient (Wildman–Crippen LogP) is 2.08. The molecule has 3 rings (SSSR count). The van der Waals surface area contributed by atoms with E-state index in [0.29, 0.717) is 17.4 Å². The number of carbonyl (C=O) groups excluding carboxylic acids is 1. The summed E-state index contributed by atoms with van der Waals surface area (Å²) in [4.78, 5) is 12.1. The van der Waals surface area contributed by atoms with Crippen molar-refractivity contribution in [3.63, 3.8) is 0 Å². The zero-order chi connectivity index (χ0) is 12.7. The molecule has 0 aliphatic carbocycles. The molecule has 0 radical (unpaired) electrons. The molecule has 2 aliphatic rings. The zero-order valence-corrected chi connectivity index (χ0v) is 11.4. The number of hydrogen-bond acceptors (Lipinski definition) is 3. The summed E-state index contributed by atoms with van der Waals surface area (Å²) in [5.41, 5.74) is 6.95.